The van der Waals surface area contributed by atoms with E-state index in [1.807, 2.05) is 6.92 Å². The third-order valence-electron chi connectivity index (χ3n) is 1.84. The molecule has 0 aliphatic carbocycles. The molecule has 1 aromatic rings. The number of nitrogens with zero attached hydrogens (tertiary/aromatic N) is 1. The molecule has 0 spiro atoms. The highest BCUT2D eigenvalue weighted by molar-refractivity contribution is 5.01. The number of rotatable bonds is 3. The average molecular weight is 181 g/mol. The standard InChI is InChI=1S/C10H12FNO/c1-3-8(2)6-12-7-9(11)4-5-10(12)13/h4-5,7H,2-3,6H2,1H3. The van der Waals surface area contributed by atoms with Gasteiger partial charge >= 0.3 is 0 Å². The summed E-state index contributed by atoms with van der Waals surface area (Å²) < 4.78 is 14.0. The molecular weight excluding hydrogens is 169 g/mol. The van der Waals surface area contributed by atoms with Crippen LogP contribution >= 0.6 is 0 Å². The van der Waals surface area contributed by atoms with Crippen molar-refractivity contribution in [3.05, 3.63) is 46.7 Å². The Kier molecular flexibility index (Phi) is 3.01. The second-order valence-electron chi connectivity index (χ2n) is 2.92. The van der Waals surface area contributed by atoms with Crippen molar-refractivity contribution in [2.45, 2.75) is 19.9 Å². The Balaban J connectivity index is 2.94. The van der Waals surface area contributed by atoms with Gasteiger partial charge in [-0.1, -0.05) is 19.1 Å². The van der Waals surface area contributed by atoms with E-state index in [9.17, 15) is 9.18 Å². The van der Waals surface area contributed by atoms with Crippen LogP contribution in [0.2, 0.25) is 0 Å². The van der Waals surface area contributed by atoms with Crippen LogP contribution in [0.4, 0.5) is 4.39 Å². The zero-order valence-electron chi connectivity index (χ0n) is 7.59. The molecule has 3 heteroatoms. The van der Waals surface area contributed by atoms with Gasteiger partial charge in [-0.3, -0.25) is 4.79 Å². The van der Waals surface area contributed by atoms with E-state index in [0.717, 1.165) is 18.1 Å². The Hall–Kier alpha value is -1.38. The lowest BCUT2D eigenvalue weighted by molar-refractivity contribution is 0.592. The van der Waals surface area contributed by atoms with E-state index < -0.39 is 5.82 Å². The minimum absolute atomic E-state index is 0.198. The molecule has 0 saturated carbocycles. The smallest absolute Gasteiger partial charge is 0.251 e. The Morgan fingerprint density at radius 1 is 1.62 bits per heavy atom. The van der Waals surface area contributed by atoms with Crippen LogP contribution in [0.5, 0.6) is 0 Å². The van der Waals surface area contributed by atoms with Gasteiger partial charge in [0.15, 0.2) is 0 Å². The van der Waals surface area contributed by atoms with E-state index in [4.69, 9.17) is 0 Å². The average Bonchev–Trinajstić information content (AvgIpc) is 2.11. The minimum Gasteiger partial charge on any atom is -0.309 e. The SMILES string of the molecule is C=C(CC)Cn1cc(F)ccc1=O. The van der Waals surface area contributed by atoms with Crippen molar-refractivity contribution in [3.63, 3.8) is 0 Å². The van der Waals surface area contributed by atoms with E-state index in [1.54, 1.807) is 0 Å². The van der Waals surface area contributed by atoms with Crippen LogP contribution in [0.25, 0.3) is 0 Å². The molecule has 0 amide bonds. The minimum atomic E-state index is -0.400. The fourth-order valence-corrected chi connectivity index (χ4v) is 0.978. The van der Waals surface area contributed by atoms with Crippen molar-refractivity contribution in [1.82, 2.24) is 4.57 Å². The van der Waals surface area contributed by atoms with E-state index in [2.05, 4.69) is 6.58 Å². The zero-order chi connectivity index (χ0) is 9.84. The molecule has 0 radical (unpaired) electrons. The highest BCUT2D eigenvalue weighted by Gasteiger charge is 1.98. The summed E-state index contributed by atoms with van der Waals surface area (Å²) in [5, 5.41) is 0. The van der Waals surface area contributed by atoms with Gasteiger partial charge in [0, 0.05) is 18.8 Å². The van der Waals surface area contributed by atoms with E-state index in [0.29, 0.717) is 6.54 Å². The van der Waals surface area contributed by atoms with Crippen LogP contribution in [-0.4, -0.2) is 4.57 Å². The molecule has 2 nitrogen and oxygen atoms in total. The Labute approximate surface area is 76.3 Å². The number of hydrogen-bond acceptors (Lipinski definition) is 1. The van der Waals surface area contributed by atoms with Crippen LogP contribution in [0.1, 0.15) is 13.3 Å². The summed E-state index contributed by atoms with van der Waals surface area (Å²) in [5.74, 6) is -0.400. The molecule has 1 aromatic heterocycles. The van der Waals surface area contributed by atoms with Gasteiger partial charge in [0.25, 0.3) is 5.56 Å². The molecule has 0 aromatic carbocycles. The summed E-state index contributed by atoms with van der Waals surface area (Å²) in [6.07, 6.45) is 1.99. The fourth-order valence-electron chi connectivity index (χ4n) is 0.978. The number of halogens is 1. The van der Waals surface area contributed by atoms with Gasteiger partial charge in [0.05, 0.1) is 0 Å². The normalized spacial score (nSPS) is 10.0. The van der Waals surface area contributed by atoms with Gasteiger partial charge in [0.2, 0.25) is 0 Å². The predicted molar refractivity (Wildman–Crippen MR) is 50.1 cm³/mol. The summed E-state index contributed by atoms with van der Waals surface area (Å²) in [4.78, 5) is 11.2. The highest BCUT2D eigenvalue weighted by atomic mass is 19.1. The lowest BCUT2D eigenvalue weighted by Gasteiger charge is -2.05. The molecule has 1 rings (SSSR count). The Morgan fingerprint density at radius 3 is 2.92 bits per heavy atom. The maximum atomic E-state index is 12.7. The summed E-state index contributed by atoms with van der Waals surface area (Å²) in [6, 6.07) is 2.38. The first-order chi connectivity index (χ1) is 6.13. The molecule has 70 valence electrons. The van der Waals surface area contributed by atoms with Gasteiger partial charge in [-0.05, 0) is 12.5 Å². The first-order valence-corrected chi connectivity index (χ1v) is 4.16. The molecule has 0 fully saturated rings. The van der Waals surface area contributed by atoms with Crippen molar-refractivity contribution < 1.29 is 4.39 Å². The Bertz CT molecular complexity index is 367. The first kappa shape index (κ1) is 9.71. The third kappa shape index (κ3) is 2.54. The number of hydrogen-bond donors (Lipinski definition) is 0. The van der Waals surface area contributed by atoms with Crippen LogP contribution in [0.3, 0.4) is 0 Å². The quantitative estimate of drug-likeness (QED) is 0.653. The van der Waals surface area contributed by atoms with Crippen LogP contribution in [0, 0.1) is 5.82 Å². The molecule has 0 saturated heterocycles. The molecule has 0 bridgehead atoms. The molecule has 0 N–H and O–H groups in total. The molecule has 0 unspecified atom stereocenters. The topological polar surface area (TPSA) is 22.0 Å². The highest BCUT2D eigenvalue weighted by Crippen LogP contribution is 2.00. The van der Waals surface area contributed by atoms with Crippen molar-refractivity contribution in [2.24, 2.45) is 0 Å². The molecule has 1 heterocycles. The van der Waals surface area contributed by atoms with E-state index in [-0.39, 0.29) is 5.56 Å². The maximum Gasteiger partial charge on any atom is 0.251 e. The molecular formula is C10H12FNO. The van der Waals surface area contributed by atoms with Crippen molar-refractivity contribution in [2.75, 3.05) is 0 Å². The maximum absolute atomic E-state index is 12.7. The number of pyridine rings is 1. The van der Waals surface area contributed by atoms with E-state index in [1.165, 1.54) is 16.8 Å². The fraction of sp³-hybridized carbons (Fsp3) is 0.300. The van der Waals surface area contributed by atoms with Crippen molar-refractivity contribution in [1.29, 1.82) is 0 Å². The summed E-state index contributed by atoms with van der Waals surface area (Å²) in [6.45, 7) is 6.10. The monoisotopic (exact) mass is 181 g/mol. The largest absolute Gasteiger partial charge is 0.309 e. The second-order valence-corrected chi connectivity index (χ2v) is 2.92. The van der Waals surface area contributed by atoms with Crippen molar-refractivity contribution in [3.8, 4) is 0 Å². The van der Waals surface area contributed by atoms with Crippen molar-refractivity contribution >= 4 is 0 Å². The number of allylic oxidation sites excluding steroid dienone is 1. The van der Waals surface area contributed by atoms with Gasteiger partial charge in [-0.25, -0.2) is 4.39 Å². The second kappa shape index (κ2) is 4.03. The molecule has 0 aliphatic heterocycles. The lowest BCUT2D eigenvalue weighted by atomic mass is 10.2. The predicted octanol–water partition coefficient (Wildman–Crippen LogP) is 1.95. The lowest BCUT2D eigenvalue weighted by Crippen LogP contribution is -2.19. The van der Waals surface area contributed by atoms with E-state index >= 15 is 0 Å². The van der Waals surface area contributed by atoms with Gasteiger partial charge in [0.1, 0.15) is 5.82 Å². The molecule has 0 atom stereocenters. The summed E-state index contributed by atoms with van der Waals surface area (Å²) in [7, 11) is 0. The zero-order valence-corrected chi connectivity index (χ0v) is 7.59. The van der Waals surface area contributed by atoms with Gasteiger partial charge in [-0.15, -0.1) is 0 Å². The van der Waals surface area contributed by atoms with Gasteiger partial charge in [-0.2, -0.15) is 0 Å². The van der Waals surface area contributed by atoms with Crippen LogP contribution in [-0.2, 0) is 6.54 Å². The summed E-state index contributed by atoms with van der Waals surface area (Å²) >= 11 is 0. The first-order valence-electron chi connectivity index (χ1n) is 4.16. The molecule has 0 aliphatic rings. The third-order valence-corrected chi connectivity index (χ3v) is 1.84. The van der Waals surface area contributed by atoms with Crippen LogP contribution in [0.15, 0.2) is 35.3 Å². The Morgan fingerprint density at radius 2 is 2.31 bits per heavy atom. The summed E-state index contributed by atoms with van der Waals surface area (Å²) in [5.41, 5.74) is 0.712. The van der Waals surface area contributed by atoms with Gasteiger partial charge < -0.3 is 4.57 Å². The van der Waals surface area contributed by atoms with Crippen LogP contribution < -0.4 is 5.56 Å². The number of aromatic nitrogens is 1. The molecule has 13 heavy (non-hydrogen) atoms.